The SMILES string of the molecule is COc1cc(N)c(O)cc1S(=O)(=O)CCOS(=O)(=O)O. The second-order valence-electron chi connectivity index (χ2n) is 3.63. The van der Waals surface area contributed by atoms with Crippen molar-refractivity contribution in [3.63, 3.8) is 0 Å². The van der Waals surface area contributed by atoms with Crippen LogP contribution in [0.5, 0.6) is 11.5 Å². The number of anilines is 1. The van der Waals surface area contributed by atoms with E-state index in [1.807, 2.05) is 0 Å². The first-order valence-corrected chi connectivity index (χ1v) is 8.09. The van der Waals surface area contributed by atoms with E-state index < -0.39 is 38.3 Å². The van der Waals surface area contributed by atoms with Crippen LogP contribution in [0.3, 0.4) is 0 Å². The molecule has 0 aromatic heterocycles. The zero-order valence-electron chi connectivity index (χ0n) is 10.3. The van der Waals surface area contributed by atoms with Crippen molar-refractivity contribution < 1.29 is 35.4 Å². The Morgan fingerprint density at radius 2 is 1.85 bits per heavy atom. The Labute approximate surface area is 115 Å². The highest BCUT2D eigenvalue weighted by Gasteiger charge is 2.22. The lowest BCUT2D eigenvalue weighted by Gasteiger charge is -2.11. The van der Waals surface area contributed by atoms with Crippen LogP contribution >= 0.6 is 0 Å². The summed E-state index contributed by atoms with van der Waals surface area (Å²) < 4.78 is 61.7. The van der Waals surface area contributed by atoms with Crippen molar-refractivity contribution in [3.8, 4) is 11.5 Å². The molecule has 0 aliphatic rings. The molecule has 0 saturated carbocycles. The number of rotatable bonds is 6. The third-order valence-electron chi connectivity index (χ3n) is 2.23. The van der Waals surface area contributed by atoms with E-state index in [1.165, 1.54) is 7.11 Å². The van der Waals surface area contributed by atoms with Gasteiger partial charge in [-0.3, -0.25) is 4.55 Å². The normalized spacial score (nSPS) is 12.3. The monoisotopic (exact) mass is 327 g/mol. The van der Waals surface area contributed by atoms with Crippen molar-refractivity contribution in [1.29, 1.82) is 0 Å². The number of phenols is 1. The van der Waals surface area contributed by atoms with Gasteiger partial charge in [0.15, 0.2) is 9.84 Å². The molecule has 1 aromatic rings. The van der Waals surface area contributed by atoms with E-state index in [0.717, 1.165) is 12.1 Å². The lowest BCUT2D eigenvalue weighted by Crippen LogP contribution is -2.16. The predicted molar refractivity (Wildman–Crippen MR) is 68.6 cm³/mol. The molecule has 1 rings (SSSR count). The smallest absolute Gasteiger partial charge is 0.397 e. The predicted octanol–water partition coefficient (Wildman–Crippen LogP) is -0.424. The second-order valence-corrected chi connectivity index (χ2v) is 6.80. The van der Waals surface area contributed by atoms with E-state index in [1.54, 1.807) is 0 Å². The molecular weight excluding hydrogens is 314 g/mol. The fraction of sp³-hybridized carbons (Fsp3) is 0.333. The molecule has 0 amide bonds. The quantitative estimate of drug-likeness (QED) is 0.359. The first-order valence-electron chi connectivity index (χ1n) is 5.08. The second kappa shape index (κ2) is 5.83. The maximum atomic E-state index is 12.0. The van der Waals surface area contributed by atoms with Crippen molar-refractivity contribution in [2.75, 3.05) is 25.2 Å². The summed E-state index contributed by atoms with van der Waals surface area (Å²) in [6.07, 6.45) is 0. The molecule has 0 aliphatic heterocycles. The lowest BCUT2D eigenvalue weighted by molar-refractivity contribution is 0.284. The Balaban J connectivity index is 3.06. The highest BCUT2D eigenvalue weighted by Crippen LogP contribution is 2.33. The summed E-state index contributed by atoms with van der Waals surface area (Å²) in [5.41, 5.74) is 5.33. The van der Waals surface area contributed by atoms with E-state index in [9.17, 15) is 21.9 Å². The average molecular weight is 327 g/mol. The van der Waals surface area contributed by atoms with Gasteiger partial charge in [0.25, 0.3) is 0 Å². The van der Waals surface area contributed by atoms with Gasteiger partial charge in [-0.15, -0.1) is 0 Å². The molecule has 11 heteroatoms. The number of nitrogen functional groups attached to an aromatic ring is 1. The van der Waals surface area contributed by atoms with Gasteiger partial charge in [-0.05, 0) is 0 Å². The molecule has 0 saturated heterocycles. The molecule has 4 N–H and O–H groups in total. The Morgan fingerprint density at radius 3 is 2.35 bits per heavy atom. The first kappa shape index (κ1) is 16.5. The van der Waals surface area contributed by atoms with Crippen LogP contribution in [0.15, 0.2) is 17.0 Å². The summed E-state index contributed by atoms with van der Waals surface area (Å²) in [4.78, 5) is -0.370. The van der Waals surface area contributed by atoms with E-state index in [4.69, 9.17) is 15.0 Å². The van der Waals surface area contributed by atoms with Gasteiger partial charge in [0, 0.05) is 12.1 Å². The fourth-order valence-corrected chi connectivity index (χ4v) is 2.99. The van der Waals surface area contributed by atoms with Crippen LogP contribution in [-0.4, -0.2) is 46.0 Å². The Kier molecular flexibility index (Phi) is 4.81. The maximum absolute atomic E-state index is 12.0. The molecule has 0 spiro atoms. The van der Waals surface area contributed by atoms with Gasteiger partial charge in [0.2, 0.25) is 0 Å². The summed E-state index contributed by atoms with van der Waals surface area (Å²) in [5.74, 6) is -1.31. The molecule has 0 aliphatic carbocycles. The molecule has 9 nitrogen and oxygen atoms in total. The van der Waals surface area contributed by atoms with Crippen molar-refractivity contribution in [2.45, 2.75) is 4.90 Å². The van der Waals surface area contributed by atoms with Crippen molar-refractivity contribution in [2.24, 2.45) is 0 Å². The molecule has 0 heterocycles. The van der Waals surface area contributed by atoms with Gasteiger partial charge in [-0.2, -0.15) is 8.42 Å². The summed E-state index contributed by atoms with van der Waals surface area (Å²) >= 11 is 0. The number of phenolic OH excluding ortho intramolecular Hbond substituents is 1. The van der Waals surface area contributed by atoms with Gasteiger partial charge in [-0.25, -0.2) is 12.6 Å². The zero-order chi connectivity index (χ0) is 15.6. The molecule has 0 atom stereocenters. The van der Waals surface area contributed by atoms with Gasteiger partial charge < -0.3 is 15.6 Å². The van der Waals surface area contributed by atoms with Crippen molar-refractivity contribution in [3.05, 3.63) is 12.1 Å². The number of hydrogen-bond acceptors (Lipinski definition) is 8. The third kappa shape index (κ3) is 4.23. The average Bonchev–Trinajstić information content (AvgIpc) is 2.29. The van der Waals surface area contributed by atoms with E-state index in [2.05, 4.69) is 4.18 Å². The summed E-state index contributed by atoms with van der Waals surface area (Å²) in [6, 6.07) is 2.00. The van der Waals surface area contributed by atoms with Gasteiger partial charge in [-0.1, -0.05) is 0 Å². The number of ether oxygens (including phenoxy) is 1. The first-order chi connectivity index (χ1) is 9.07. The number of hydrogen-bond donors (Lipinski definition) is 3. The number of aromatic hydroxyl groups is 1. The minimum Gasteiger partial charge on any atom is -0.506 e. The Morgan fingerprint density at radius 1 is 1.25 bits per heavy atom. The highest BCUT2D eigenvalue weighted by atomic mass is 32.3. The third-order valence-corrected chi connectivity index (χ3v) is 4.39. The van der Waals surface area contributed by atoms with Gasteiger partial charge in [0.05, 0.1) is 25.2 Å². The topological polar surface area (TPSA) is 153 Å². The van der Waals surface area contributed by atoms with Crippen LogP contribution < -0.4 is 10.5 Å². The molecule has 0 unspecified atom stereocenters. The van der Waals surface area contributed by atoms with E-state index in [-0.39, 0.29) is 16.3 Å². The summed E-state index contributed by atoms with van der Waals surface area (Å²) in [5, 5.41) is 9.43. The molecule has 0 radical (unpaired) electrons. The molecule has 0 fully saturated rings. The molecule has 20 heavy (non-hydrogen) atoms. The number of benzene rings is 1. The number of methoxy groups -OCH3 is 1. The van der Waals surface area contributed by atoms with E-state index >= 15 is 0 Å². The van der Waals surface area contributed by atoms with E-state index in [0.29, 0.717) is 0 Å². The zero-order valence-corrected chi connectivity index (χ0v) is 11.9. The standard InChI is InChI=1S/C9H13NO8S2/c1-17-8-4-6(10)7(11)5-9(8)19(12,13)3-2-18-20(14,15)16/h4-5,11H,2-3,10H2,1H3,(H,14,15,16). The Hall–Kier alpha value is -1.56. The van der Waals surface area contributed by atoms with Crippen LogP contribution in [0.4, 0.5) is 5.69 Å². The minimum atomic E-state index is -4.72. The van der Waals surface area contributed by atoms with Crippen LogP contribution in [0.2, 0.25) is 0 Å². The molecule has 0 bridgehead atoms. The number of sulfone groups is 1. The maximum Gasteiger partial charge on any atom is 0.397 e. The molecular formula is C9H13NO8S2. The molecule has 1 aromatic carbocycles. The largest absolute Gasteiger partial charge is 0.506 e. The summed E-state index contributed by atoms with van der Waals surface area (Å²) in [6.45, 7) is -0.782. The minimum absolute atomic E-state index is 0.0741. The summed E-state index contributed by atoms with van der Waals surface area (Å²) in [7, 11) is -7.52. The van der Waals surface area contributed by atoms with Gasteiger partial charge >= 0.3 is 10.4 Å². The van der Waals surface area contributed by atoms with Crippen LogP contribution in [0.25, 0.3) is 0 Å². The van der Waals surface area contributed by atoms with Crippen molar-refractivity contribution >= 4 is 25.9 Å². The Bertz CT molecular complexity index is 695. The van der Waals surface area contributed by atoms with Crippen LogP contribution in [0, 0.1) is 0 Å². The van der Waals surface area contributed by atoms with Gasteiger partial charge in [0.1, 0.15) is 16.4 Å². The number of nitrogens with two attached hydrogens (primary N) is 1. The van der Waals surface area contributed by atoms with Crippen LogP contribution in [0.1, 0.15) is 0 Å². The fourth-order valence-electron chi connectivity index (χ4n) is 1.33. The molecule has 114 valence electrons. The highest BCUT2D eigenvalue weighted by molar-refractivity contribution is 7.91. The van der Waals surface area contributed by atoms with Crippen molar-refractivity contribution in [1.82, 2.24) is 0 Å². The lowest BCUT2D eigenvalue weighted by atomic mass is 10.3. The van der Waals surface area contributed by atoms with Crippen LogP contribution in [-0.2, 0) is 24.4 Å².